The van der Waals surface area contributed by atoms with Gasteiger partial charge >= 0.3 is 0 Å². The van der Waals surface area contributed by atoms with E-state index >= 15 is 0 Å². The Kier molecular flexibility index (Phi) is 3.76. The molecule has 3 aliphatic carbocycles. The lowest BCUT2D eigenvalue weighted by Gasteiger charge is -2.42. The summed E-state index contributed by atoms with van der Waals surface area (Å²) in [6, 6.07) is 0. The van der Waals surface area contributed by atoms with Crippen LogP contribution in [0.4, 0.5) is 0 Å². The zero-order chi connectivity index (χ0) is 17.2. The second kappa shape index (κ2) is 5.30. The maximum absolute atomic E-state index is 13.2. The molecule has 4 rings (SSSR count). The molecule has 4 aliphatic rings. The highest BCUT2D eigenvalue weighted by Gasteiger charge is 2.74. The Bertz CT molecular complexity index is 533. The lowest BCUT2D eigenvalue weighted by molar-refractivity contribution is -0.149. The minimum Gasteiger partial charge on any atom is -0.348 e. The first kappa shape index (κ1) is 17.0. The van der Waals surface area contributed by atoms with Crippen LogP contribution in [0.25, 0.3) is 0 Å². The number of carbonyl (C=O) groups is 1. The molecule has 1 heterocycles. The number of ketones is 1. The van der Waals surface area contributed by atoms with E-state index in [4.69, 9.17) is 9.47 Å². The second-order valence-corrected chi connectivity index (χ2v) is 10.1. The average molecular weight is 335 g/mol. The Morgan fingerprint density at radius 1 is 1.08 bits per heavy atom. The van der Waals surface area contributed by atoms with Crippen molar-refractivity contribution in [1.82, 2.24) is 0 Å². The Hall–Kier alpha value is -0.410. The van der Waals surface area contributed by atoms with Crippen LogP contribution in [-0.4, -0.2) is 24.8 Å². The van der Waals surface area contributed by atoms with Gasteiger partial charge < -0.3 is 9.47 Å². The molecule has 4 atom stereocenters. The molecule has 0 unspecified atom stereocenters. The van der Waals surface area contributed by atoms with Crippen LogP contribution < -0.4 is 0 Å². The predicted molar refractivity (Wildman–Crippen MR) is 93.6 cm³/mol. The third kappa shape index (κ3) is 2.13. The van der Waals surface area contributed by atoms with Crippen molar-refractivity contribution in [1.29, 1.82) is 0 Å². The summed E-state index contributed by atoms with van der Waals surface area (Å²) in [5.41, 5.74) is 0.543. The molecule has 1 saturated heterocycles. The van der Waals surface area contributed by atoms with Crippen LogP contribution >= 0.6 is 0 Å². The summed E-state index contributed by atoms with van der Waals surface area (Å²) < 4.78 is 11.5. The fraction of sp³-hybridized carbons (Fsp3) is 0.952. The van der Waals surface area contributed by atoms with Gasteiger partial charge in [0.25, 0.3) is 0 Å². The summed E-state index contributed by atoms with van der Waals surface area (Å²) >= 11 is 0. The molecule has 0 aromatic heterocycles. The molecule has 0 radical (unpaired) electrons. The van der Waals surface area contributed by atoms with Gasteiger partial charge in [-0.05, 0) is 68.1 Å². The highest BCUT2D eigenvalue weighted by atomic mass is 16.7. The zero-order valence-corrected chi connectivity index (χ0v) is 16.0. The Labute approximate surface area is 146 Å². The first-order valence-corrected chi connectivity index (χ1v) is 10.0. The fourth-order valence-corrected chi connectivity index (χ4v) is 7.70. The molecule has 0 bridgehead atoms. The van der Waals surface area contributed by atoms with Gasteiger partial charge in [-0.2, -0.15) is 0 Å². The third-order valence-electron chi connectivity index (χ3n) is 8.23. The summed E-state index contributed by atoms with van der Waals surface area (Å²) in [6.45, 7) is 10.8. The summed E-state index contributed by atoms with van der Waals surface area (Å²) in [5.74, 6) is 1.40. The van der Waals surface area contributed by atoms with E-state index in [0.29, 0.717) is 23.0 Å². The number of rotatable bonds is 4. The minimum absolute atomic E-state index is 0.0191. The highest BCUT2D eigenvalue weighted by Crippen LogP contribution is 2.76. The average Bonchev–Trinajstić information content (AvgIpc) is 3.18. The zero-order valence-electron chi connectivity index (χ0n) is 16.0. The van der Waals surface area contributed by atoms with E-state index < -0.39 is 0 Å². The van der Waals surface area contributed by atoms with Crippen LogP contribution in [0.3, 0.4) is 0 Å². The van der Waals surface area contributed by atoms with E-state index in [1.807, 2.05) is 0 Å². The fourth-order valence-electron chi connectivity index (χ4n) is 7.70. The lowest BCUT2D eigenvalue weighted by Crippen LogP contribution is -2.44. The lowest BCUT2D eigenvalue weighted by atomic mass is 9.60. The summed E-state index contributed by atoms with van der Waals surface area (Å²) in [5, 5.41) is 0. The molecule has 4 fully saturated rings. The van der Waals surface area contributed by atoms with Crippen LogP contribution in [0.5, 0.6) is 0 Å². The Morgan fingerprint density at radius 2 is 1.79 bits per heavy atom. The molecule has 0 aromatic rings. The molecule has 1 aliphatic heterocycles. The van der Waals surface area contributed by atoms with Crippen LogP contribution in [0.15, 0.2) is 0 Å². The highest BCUT2D eigenvalue weighted by molar-refractivity contribution is 5.90. The molecule has 3 heteroatoms. The number of hydrogen-bond donors (Lipinski definition) is 0. The molecule has 0 N–H and O–H groups in total. The molecular weight excluding hydrogens is 300 g/mol. The van der Waals surface area contributed by atoms with Gasteiger partial charge in [0, 0.05) is 18.3 Å². The van der Waals surface area contributed by atoms with Crippen molar-refractivity contribution in [2.45, 2.75) is 84.8 Å². The summed E-state index contributed by atoms with van der Waals surface area (Å²) in [7, 11) is 0. The SMILES string of the molecule is CC1(CCC[C@H]2CC[C@@H]3C(C)(C)C[C@@]4(C)CCC(=O)[C@@]234)OCCO1. The summed E-state index contributed by atoms with van der Waals surface area (Å²) in [4.78, 5) is 13.2. The van der Waals surface area contributed by atoms with E-state index in [-0.39, 0.29) is 16.6 Å². The summed E-state index contributed by atoms with van der Waals surface area (Å²) in [6.07, 6.45) is 8.90. The Morgan fingerprint density at radius 3 is 2.50 bits per heavy atom. The normalized spacial score (nSPS) is 45.6. The molecule has 24 heavy (non-hydrogen) atoms. The van der Waals surface area contributed by atoms with Crippen LogP contribution in [0.1, 0.15) is 79.1 Å². The van der Waals surface area contributed by atoms with Crippen molar-refractivity contribution < 1.29 is 14.3 Å². The number of Topliss-reactive ketones (excluding diaryl/α,β-unsaturated/α-hetero) is 1. The number of carbonyl (C=O) groups excluding carboxylic acids is 1. The van der Waals surface area contributed by atoms with E-state index in [1.165, 1.54) is 19.3 Å². The maximum Gasteiger partial charge on any atom is 0.165 e. The van der Waals surface area contributed by atoms with Gasteiger partial charge in [0.1, 0.15) is 5.78 Å². The molecule has 0 amide bonds. The van der Waals surface area contributed by atoms with Gasteiger partial charge in [-0.15, -0.1) is 0 Å². The van der Waals surface area contributed by atoms with Crippen molar-refractivity contribution in [3.63, 3.8) is 0 Å². The predicted octanol–water partition coefficient (Wildman–Crippen LogP) is 4.73. The van der Waals surface area contributed by atoms with Gasteiger partial charge in [0.15, 0.2) is 5.79 Å². The van der Waals surface area contributed by atoms with Gasteiger partial charge in [-0.1, -0.05) is 20.8 Å². The topological polar surface area (TPSA) is 35.5 Å². The van der Waals surface area contributed by atoms with Gasteiger partial charge in [0.05, 0.1) is 13.2 Å². The van der Waals surface area contributed by atoms with Crippen molar-refractivity contribution in [2.24, 2.45) is 28.1 Å². The minimum atomic E-state index is -0.381. The number of hydrogen-bond acceptors (Lipinski definition) is 3. The third-order valence-corrected chi connectivity index (χ3v) is 8.23. The molecule has 1 spiro atoms. The first-order valence-electron chi connectivity index (χ1n) is 10.0. The molecular formula is C21H34O3. The van der Waals surface area contributed by atoms with E-state index in [2.05, 4.69) is 27.7 Å². The molecule has 0 aromatic carbocycles. The second-order valence-electron chi connectivity index (χ2n) is 10.1. The van der Waals surface area contributed by atoms with Crippen LogP contribution in [0, 0.1) is 28.1 Å². The molecule has 3 nitrogen and oxygen atoms in total. The quantitative estimate of drug-likeness (QED) is 0.745. The van der Waals surface area contributed by atoms with Crippen molar-refractivity contribution in [3.8, 4) is 0 Å². The van der Waals surface area contributed by atoms with Gasteiger partial charge in [-0.3, -0.25) is 4.79 Å². The monoisotopic (exact) mass is 334 g/mol. The van der Waals surface area contributed by atoms with E-state index in [0.717, 1.165) is 45.3 Å². The van der Waals surface area contributed by atoms with Crippen molar-refractivity contribution in [3.05, 3.63) is 0 Å². The molecule has 3 saturated carbocycles. The number of ether oxygens (including phenoxy) is 2. The van der Waals surface area contributed by atoms with E-state index in [1.54, 1.807) is 0 Å². The Balaban J connectivity index is 1.53. The van der Waals surface area contributed by atoms with Crippen molar-refractivity contribution in [2.75, 3.05) is 13.2 Å². The smallest absolute Gasteiger partial charge is 0.165 e. The van der Waals surface area contributed by atoms with Gasteiger partial charge in [-0.25, -0.2) is 0 Å². The van der Waals surface area contributed by atoms with Crippen molar-refractivity contribution >= 4 is 5.78 Å². The van der Waals surface area contributed by atoms with Gasteiger partial charge in [0.2, 0.25) is 0 Å². The van der Waals surface area contributed by atoms with Crippen LogP contribution in [-0.2, 0) is 14.3 Å². The largest absolute Gasteiger partial charge is 0.348 e. The van der Waals surface area contributed by atoms with E-state index in [9.17, 15) is 4.79 Å². The van der Waals surface area contributed by atoms with Crippen LogP contribution in [0.2, 0.25) is 0 Å². The molecule has 136 valence electrons. The first-order chi connectivity index (χ1) is 11.2. The maximum atomic E-state index is 13.2. The standard InChI is InChI=1S/C21H34O3/c1-18(2)14-19(3)11-9-17(22)21(19)15(7-8-16(18)21)6-5-10-20(4)23-12-13-24-20/h15-16H,5-14H2,1-4H3/t15-,16+,19+,21+/m0/s1.